The molecule has 0 aromatic heterocycles. The van der Waals surface area contributed by atoms with Gasteiger partial charge in [0.2, 0.25) is 0 Å². The summed E-state index contributed by atoms with van der Waals surface area (Å²) in [6.45, 7) is 3.36. The number of hydrogen-bond donors (Lipinski definition) is 0. The highest BCUT2D eigenvalue weighted by atomic mass is 16.7. The first-order valence-corrected chi connectivity index (χ1v) is 4.98. The highest BCUT2D eigenvalue weighted by molar-refractivity contribution is 5.80. The van der Waals surface area contributed by atoms with Crippen LogP contribution in [0.1, 0.15) is 32.6 Å². The molecule has 0 aromatic rings. The Bertz CT molecular complexity index is 206. The molecule has 1 heterocycles. The summed E-state index contributed by atoms with van der Waals surface area (Å²) in [4.78, 5) is 11.0. The number of ether oxygens (including phenoxy) is 2. The van der Waals surface area contributed by atoms with Crippen molar-refractivity contribution in [3.05, 3.63) is 0 Å². The molecule has 1 atom stereocenters. The van der Waals surface area contributed by atoms with Gasteiger partial charge in [-0.1, -0.05) is 0 Å². The Kier molecular flexibility index (Phi) is 2.39. The standard InChI is InChI=1S/C10H16O3/c1-10(12-4-5-13-10)7-8-2-3-9(11)6-8/h8H,2-7H2,1H3/t8-/m1/s1. The Morgan fingerprint density at radius 2 is 2.15 bits per heavy atom. The molecule has 74 valence electrons. The summed E-state index contributed by atoms with van der Waals surface area (Å²) in [7, 11) is 0. The van der Waals surface area contributed by atoms with Crippen molar-refractivity contribution in [2.45, 2.75) is 38.4 Å². The van der Waals surface area contributed by atoms with Gasteiger partial charge in [-0.15, -0.1) is 0 Å². The van der Waals surface area contributed by atoms with E-state index in [1.807, 2.05) is 6.92 Å². The van der Waals surface area contributed by atoms with Crippen LogP contribution in [0.15, 0.2) is 0 Å². The summed E-state index contributed by atoms with van der Waals surface area (Å²) in [6, 6.07) is 0. The molecule has 1 saturated carbocycles. The number of Topliss-reactive ketones (excluding diaryl/α,β-unsaturated/α-hetero) is 1. The van der Waals surface area contributed by atoms with E-state index in [2.05, 4.69) is 0 Å². The smallest absolute Gasteiger partial charge is 0.166 e. The monoisotopic (exact) mass is 184 g/mol. The summed E-state index contributed by atoms with van der Waals surface area (Å²) < 4.78 is 11.0. The maximum atomic E-state index is 11.0. The second-order valence-corrected chi connectivity index (χ2v) is 4.18. The third kappa shape index (κ3) is 2.09. The first-order valence-electron chi connectivity index (χ1n) is 4.98. The molecule has 1 aliphatic heterocycles. The Labute approximate surface area is 78.4 Å². The van der Waals surface area contributed by atoms with Crippen molar-refractivity contribution in [2.24, 2.45) is 5.92 Å². The average molecular weight is 184 g/mol. The van der Waals surface area contributed by atoms with Crippen LogP contribution in [0.25, 0.3) is 0 Å². The van der Waals surface area contributed by atoms with Crippen LogP contribution in [0.4, 0.5) is 0 Å². The fourth-order valence-corrected chi connectivity index (χ4v) is 2.26. The first-order chi connectivity index (χ1) is 6.18. The fraction of sp³-hybridized carbons (Fsp3) is 0.900. The van der Waals surface area contributed by atoms with E-state index in [1.165, 1.54) is 0 Å². The normalized spacial score (nSPS) is 32.7. The molecule has 1 aliphatic carbocycles. The Morgan fingerprint density at radius 3 is 2.69 bits per heavy atom. The molecule has 0 aromatic carbocycles. The first kappa shape index (κ1) is 9.16. The number of ketones is 1. The Morgan fingerprint density at radius 1 is 1.46 bits per heavy atom. The van der Waals surface area contributed by atoms with Gasteiger partial charge in [0.15, 0.2) is 5.79 Å². The molecule has 0 unspecified atom stereocenters. The third-order valence-electron chi connectivity index (χ3n) is 2.91. The third-order valence-corrected chi connectivity index (χ3v) is 2.91. The summed E-state index contributed by atoms with van der Waals surface area (Å²) in [5.74, 6) is 0.470. The van der Waals surface area contributed by atoms with Crippen LogP contribution in [0.3, 0.4) is 0 Å². The molecule has 0 N–H and O–H groups in total. The molecule has 2 aliphatic rings. The number of rotatable bonds is 2. The van der Waals surface area contributed by atoms with Crippen molar-refractivity contribution in [3.63, 3.8) is 0 Å². The average Bonchev–Trinajstić information content (AvgIpc) is 2.62. The van der Waals surface area contributed by atoms with Crippen LogP contribution in [-0.2, 0) is 14.3 Å². The minimum atomic E-state index is -0.407. The molecule has 1 saturated heterocycles. The van der Waals surface area contributed by atoms with Crippen LogP contribution in [0, 0.1) is 5.92 Å². The van der Waals surface area contributed by atoms with Gasteiger partial charge in [-0.25, -0.2) is 0 Å². The largest absolute Gasteiger partial charge is 0.348 e. The van der Waals surface area contributed by atoms with Gasteiger partial charge in [-0.3, -0.25) is 4.79 Å². The van der Waals surface area contributed by atoms with Gasteiger partial charge >= 0.3 is 0 Å². The molecule has 3 heteroatoms. The van der Waals surface area contributed by atoms with Crippen LogP contribution < -0.4 is 0 Å². The molecule has 0 radical (unpaired) electrons. The second-order valence-electron chi connectivity index (χ2n) is 4.18. The van der Waals surface area contributed by atoms with Crippen LogP contribution in [0.2, 0.25) is 0 Å². The zero-order chi connectivity index (χ0) is 9.31. The molecule has 2 fully saturated rings. The van der Waals surface area contributed by atoms with Crippen molar-refractivity contribution < 1.29 is 14.3 Å². The molecule has 3 nitrogen and oxygen atoms in total. The molecular formula is C10H16O3. The molecule has 0 bridgehead atoms. The van der Waals surface area contributed by atoms with E-state index < -0.39 is 5.79 Å². The van der Waals surface area contributed by atoms with Gasteiger partial charge in [0.25, 0.3) is 0 Å². The van der Waals surface area contributed by atoms with Gasteiger partial charge in [-0.05, 0) is 19.3 Å². The van der Waals surface area contributed by atoms with Gasteiger partial charge in [-0.2, -0.15) is 0 Å². The molecular weight excluding hydrogens is 168 g/mol. The lowest BCUT2D eigenvalue weighted by molar-refractivity contribution is -0.154. The van der Waals surface area contributed by atoms with Crippen LogP contribution in [-0.4, -0.2) is 24.8 Å². The summed E-state index contributed by atoms with van der Waals surface area (Å²) in [6.07, 6.45) is 3.36. The van der Waals surface area contributed by atoms with Gasteiger partial charge in [0.1, 0.15) is 5.78 Å². The zero-order valence-corrected chi connectivity index (χ0v) is 8.04. The molecule has 13 heavy (non-hydrogen) atoms. The topological polar surface area (TPSA) is 35.5 Å². The maximum Gasteiger partial charge on any atom is 0.166 e. The van der Waals surface area contributed by atoms with Crippen LogP contribution >= 0.6 is 0 Å². The van der Waals surface area contributed by atoms with E-state index in [0.29, 0.717) is 24.9 Å². The Hall–Kier alpha value is -0.410. The quantitative estimate of drug-likeness (QED) is 0.652. The maximum absolute atomic E-state index is 11.0. The number of carbonyl (C=O) groups excluding carboxylic acids is 1. The highest BCUT2D eigenvalue weighted by Crippen LogP contribution is 2.34. The fourth-order valence-electron chi connectivity index (χ4n) is 2.26. The molecule has 0 amide bonds. The van der Waals surface area contributed by atoms with Crippen LogP contribution in [0.5, 0.6) is 0 Å². The predicted molar refractivity (Wildman–Crippen MR) is 47.3 cm³/mol. The van der Waals surface area contributed by atoms with Crippen molar-refractivity contribution in [3.8, 4) is 0 Å². The van der Waals surface area contributed by atoms with Crippen molar-refractivity contribution >= 4 is 5.78 Å². The minimum Gasteiger partial charge on any atom is -0.348 e. The van der Waals surface area contributed by atoms with Crippen molar-refractivity contribution in [1.82, 2.24) is 0 Å². The second kappa shape index (κ2) is 3.39. The van der Waals surface area contributed by atoms with E-state index in [1.54, 1.807) is 0 Å². The molecule has 2 rings (SSSR count). The van der Waals surface area contributed by atoms with Gasteiger partial charge in [0, 0.05) is 19.3 Å². The SMILES string of the molecule is CC1(C[C@@H]2CCC(=O)C2)OCCO1. The lowest BCUT2D eigenvalue weighted by Gasteiger charge is -2.25. The van der Waals surface area contributed by atoms with E-state index in [-0.39, 0.29) is 0 Å². The van der Waals surface area contributed by atoms with Crippen molar-refractivity contribution in [1.29, 1.82) is 0 Å². The number of carbonyl (C=O) groups is 1. The van der Waals surface area contributed by atoms with E-state index in [0.717, 1.165) is 25.7 Å². The predicted octanol–water partition coefficient (Wildman–Crippen LogP) is 1.51. The lowest BCUT2D eigenvalue weighted by Crippen LogP contribution is -2.28. The van der Waals surface area contributed by atoms with E-state index in [9.17, 15) is 4.79 Å². The van der Waals surface area contributed by atoms with E-state index in [4.69, 9.17) is 9.47 Å². The minimum absolute atomic E-state index is 0.395. The summed E-state index contributed by atoms with van der Waals surface area (Å²) in [5.41, 5.74) is 0. The Balaban J connectivity index is 1.86. The highest BCUT2D eigenvalue weighted by Gasteiger charge is 2.36. The lowest BCUT2D eigenvalue weighted by atomic mass is 9.98. The van der Waals surface area contributed by atoms with E-state index >= 15 is 0 Å². The van der Waals surface area contributed by atoms with Gasteiger partial charge in [0.05, 0.1) is 13.2 Å². The number of hydrogen-bond acceptors (Lipinski definition) is 3. The van der Waals surface area contributed by atoms with Gasteiger partial charge < -0.3 is 9.47 Å². The van der Waals surface area contributed by atoms with Crippen molar-refractivity contribution in [2.75, 3.05) is 13.2 Å². The summed E-state index contributed by atoms with van der Waals surface area (Å²) in [5, 5.41) is 0. The zero-order valence-electron chi connectivity index (χ0n) is 8.04. The summed E-state index contributed by atoms with van der Waals surface area (Å²) >= 11 is 0. The molecule has 0 spiro atoms.